The number of carbonyl (C=O) groups excluding carboxylic acids is 1. The number of halogens is 4. The van der Waals surface area contributed by atoms with Gasteiger partial charge < -0.3 is 5.11 Å². The molecule has 0 fully saturated rings. The summed E-state index contributed by atoms with van der Waals surface area (Å²) in [6.07, 6.45) is -3.44. The Morgan fingerprint density at radius 3 is 2.64 bits per heavy atom. The first-order valence-corrected chi connectivity index (χ1v) is 7.89. The smallest absolute Gasteiger partial charge is 0.362 e. The first kappa shape index (κ1) is 17.6. The van der Waals surface area contributed by atoms with E-state index < -0.39 is 24.2 Å². The summed E-state index contributed by atoms with van der Waals surface area (Å²) in [7, 11) is 0. The molecule has 25 heavy (non-hydrogen) atoms. The normalized spacial score (nSPS) is 20.5. The molecule has 2 aromatic rings. The third-order valence-corrected chi connectivity index (χ3v) is 4.19. The third kappa shape index (κ3) is 3.16. The monoisotopic (exact) mass is 413 g/mol. The van der Waals surface area contributed by atoms with E-state index in [-0.39, 0.29) is 16.3 Å². The van der Waals surface area contributed by atoms with Crippen molar-refractivity contribution >= 4 is 27.5 Å². The number of aromatic nitrogens is 1. The SMILES string of the molecule is O=C(c1cccnc1)N1N=C(c2cccc(Br)c2)C[C@@]1(O)C(F)(F)F. The first-order chi connectivity index (χ1) is 11.7. The minimum Gasteiger partial charge on any atom is -0.362 e. The number of aliphatic hydroxyl groups is 1. The van der Waals surface area contributed by atoms with Crippen molar-refractivity contribution in [3.8, 4) is 0 Å². The van der Waals surface area contributed by atoms with Crippen LogP contribution in [0.3, 0.4) is 0 Å². The van der Waals surface area contributed by atoms with E-state index in [9.17, 15) is 23.1 Å². The van der Waals surface area contributed by atoms with E-state index in [2.05, 4.69) is 26.0 Å². The number of amides is 1. The van der Waals surface area contributed by atoms with Gasteiger partial charge in [-0.05, 0) is 29.8 Å². The summed E-state index contributed by atoms with van der Waals surface area (Å²) >= 11 is 3.23. The summed E-state index contributed by atoms with van der Waals surface area (Å²) in [5, 5.41) is 14.1. The number of rotatable bonds is 2. The van der Waals surface area contributed by atoms with Gasteiger partial charge in [-0.3, -0.25) is 9.78 Å². The Morgan fingerprint density at radius 2 is 2.04 bits per heavy atom. The van der Waals surface area contributed by atoms with Gasteiger partial charge in [0.1, 0.15) is 0 Å². The van der Waals surface area contributed by atoms with Crippen LogP contribution >= 0.6 is 15.9 Å². The summed E-state index contributed by atoms with van der Waals surface area (Å²) in [5.41, 5.74) is -3.20. The molecular formula is C16H11BrF3N3O2. The lowest BCUT2D eigenvalue weighted by molar-refractivity contribution is -0.297. The summed E-state index contributed by atoms with van der Waals surface area (Å²) in [5.74, 6) is -1.09. The van der Waals surface area contributed by atoms with Gasteiger partial charge in [-0.25, -0.2) is 0 Å². The third-order valence-electron chi connectivity index (χ3n) is 3.70. The molecule has 130 valence electrons. The average Bonchev–Trinajstić information content (AvgIpc) is 2.94. The second kappa shape index (κ2) is 6.23. The average molecular weight is 414 g/mol. The van der Waals surface area contributed by atoms with E-state index in [1.807, 2.05) is 0 Å². The molecule has 2 heterocycles. The number of hydrogen-bond donors (Lipinski definition) is 1. The van der Waals surface area contributed by atoms with Crippen molar-refractivity contribution in [2.45, 2.75) is 18.3 Å². The van der Waals surface area contributed by atoms with Gasteiger partial charge in [-0.1, -0.05) is 28.1 Å². The van der Waals surface area contributed by atoms with Crippen molar-refractivity contribution in [3.63, 3.8) is 0 Å². The quantitative estimate of drug-likeness (QED) is 0.820. The lowest BCUT2D eigenvalue weighted by Crippen LogP contribution is -2.56. The molecule has 9 heteroatoms. The topological polar surface area (TPSA) is 65.8 Å². The zero-order chi connectivity index (χ0) is 18.2. The number of carbonyl (C=O) groups is 1. The highest BCUT2D eigenvalue weighted by molar-refractivity contribution is 9.10. The van der Waals surface area contributed by atoms with Gasteiger partial charge in [0.2, 0.25) is 0 Å². The van der Waals surface area contributed by atoms with Gasteiger partial charge in [-0.15, -0.1) is 0 Å². The predicted molar refractivity (Wildman–Crippen MR) is 86.7 cm³/mol. The summed E-state index contributed by atoms with van der Waals surface area (Å²) < 4.78 is 41.1. The minimum absolute atomic E-state index is 0.0432. The van der Waals surface area contributed by atoms with Crippen LogP contribution < -0.4 is 0 Å². The van der Waals surface area contributed by atoms with Gasteiger partial charge in [0, 0.05) is 16.9 Å². The second-order valence-electron chi connectivity index (χ2n) is 5.41. The van der Waals surface area contributed by atoms with Gasteiger partial charge in [-0.2, -0.15) is 23.3 Å². The molecule has 1 aromatic carbocycles. The summed E-state index contributed by atoms with van der Waals surface area (Å²) in [6.45, 7) is 0. The van der Waals surface area contributed by atoms with Gasteiger partial charge >= 0.3 is 6.18 Å². The molecule has 1 aliphatic rings. The van der Waals surface area contributed by atoms with Crippen LogP contribution in [0.1, 0.15) is 22.3 Å². The van der Waals surface area contributed by atoms with Crippen LogP contribution in [-0.4, -0.2) is 38.6 Å². The maximum Gasteiger partial charge on any atom is 0.438 e. The van der Waals surface area contributed by atoms with E-state index in [1.54, 1.807) is 24.3 Å². The molecule has 0 unspecified atom stereocenters. The highest BCUT2D eigenvalue weighted by atomic mass is 79.9. The maximum absolute atomic E-state index is 13.5. The number of benzene rings is 1. The van der Waals surface area contributed by atoms with Crippen LogP contribution in [0.4, 0.5) is 13.2 Å². The number of hydrogen-bond acceptors (Lipinski definition) is 4. The summed E-state index contributed by atoms with van der Waals surface area (Å²) in [4.78, 5) is 16.2. The Labute approximate surface area is 148 Å². The molecule has 1 amide bonds. The fourth-order valence-corrected chi connectivity index (χ4v) is 2.82. The first-order valence-electron chi connectivity index (χ1n) is 7.09. The molecule has 0 radical (unpaired) electrons. The minimum atomic E-state index is -5.08. The van der Waals surface area contributed by atoms with E-state index >= 15 is 0 Å². The molecule has 0 saturated carbocycles. The Kier molecular flexibility index (Phi) is 4.38. The van der Waals surface area contributed by atoms with E-state index in [4.69, 9.17) is 0 Å². The van der Waals surface area contributed by atoms with Crippen molar-refractivity contribution in [2.24, 2.45) is 5.10 Å². The van der Waals surface area contributed by atoms with Crippen molar-refractivity contribution in [2.75, 3.05) is 0 Å². The van der Waals surface area contributed by atoms with E-state index in [0.717, 1.165) is 6.20 Å². The number of pyridine rings is 1. The highest BCUT2D eigenvalue weighted by Gasteiger charge is 2.63. The van der Waals surface area contributed by atoms with Crippen molar-refractivity contribution in [3.05, 3.63) is 64.4 Å². The molecular weight excluding hydrogens is 403 g/mol. The zero-order valence-electron chi connectivity index (χ0n) is 12.5. The molecule has 0 bridgehead atoms. The Hall–Kier alpha value is -2.26. The largest absolute Gasteiger partial charge is 0.438 e. The van der Waals surface area contributed by atoms with E-state index in [0.29, 0.717) is 10.0 Å². The van der Waals surface area contributed by atoms with E-state index in [1.165, 1.54) is 18.3 Å². The number of alkyl halides is 3. The molecule has 3 rings (SSSR count). The standard InChI is InChI=1S/C16H11BrF3N3O2/c17-12-5-1-3-10(7-12)13-8-15(25,16(18,19)20)23(22-13)14(24)11-4-2-6-21-9-11/h1-7,9,25H,8H2/t15-/m1/s1. The van der Waals surface area contributed by atoms with Gasteiger partial charge in [0.25, 0.3) is 11.6 Å². The molecule has 0 spiro atoms. The molecule has 1 atom stereocenters. The zero-order valence-corrected chi connectivity index (χ0v) is 14.1. The van der Waals surface area contributed by atoms with Crippen molar-refractivity contribution in [1.82, 2.24) is 9.99 Å². The molecule has 0 aliphatic carbocycles. The fraction of sp³-hybridized carbons (Fsp3) is 0.188. The fourth-order valence-electron chi connectivity index (χ4n) is 2.42. The Morgan fingerprint density at radius 1 is 1.28 bits per heavy atom. The van der Waals surface area contributed by atoms with Crippen LogP contribution in [0.25, 0.3) is 0 Å². The Balaban J connectivity index is 2.06. The van der Waals surface area contributed by atoms with Crippen LogP contribution in [0.15, 0.2) is 58.4 Å². The second-order valence-corrected chi connectivity index (χ2v) is 6.32. The highest BCUT2D eigenvalue weighted by Crippen LogP contribution is 2.42. The molecule has 1 aromatic heterocycles. The molecule has 1 N–H and O–H groups in total. The maximum atomic E-state index is 13.5. The molecule has 0 saturated heterocycles. The predicted octanol–water partition coefficient (Wildman–Crippen LogP) is 3.35. The number of nitrogens with zero attached hydrogens (tertiary/aromatic N) is 3. The van der Waals surface area contributed by atoms with Gasteiger partial charge in [0.05, 0.1) is 17.7 Å². The molecule has 1 aliphatic heterocycles. The van der Waals surface area contributed by atoms with Crippen LogP contribution in [0, 0.1) is 0 Å². The van der Waals surface area contributed by atoms with Crippen molar-refractivity contribution < 1.29 is 23.1 Å². The van der Waals surface area contributed by atoms with Crippen LogP contribution in [-0.2, 0) is 0 Å². The lowest BCUT2D eigenvalue weighted by atomic mass is 10.0. The van der Waals surface area contributed by atoms with Crippen molar-refractivity contribution in [1.29, 1.82) is 0 Å². The lowest BCUT2D eigenvalue weighted by Gasteiger charge is -2.32. The Bertz CT molecular complexity index is 842. The van der Waals surface area contributed by atoms with Gasteiger partial charge in [0.15, 0.2) is 0 Å². The number of hydrazone groups is 1. The summed E-state index contributed by atoms with van der Waals surface area (Å²) in [6, 6.07) is 9.16. The van der Waals surface area contributed by atoms with Crippen LogP contribution in [0.5, 0.6) is 0 Å². The van der Waals surface area contributed by atoms with Crippen LogP contribution in [0.2, 0.25) is 0 Å². The molecule has 5 nitrogen and oxygen atoms in total.